The number of ether oxygens (including phenoxy) is 2. The van der Waals surface area contributed by atoms with Gasteiger partial charge in [0.25, 0.3) is 0 Å². The summed E-state index contributed by atoms with van der Waals surface area (Å²) in [6.07, 6.45) is 1.16. The predicted octanol–water partition coefficient (Wildman–Crippen LogP) is 6.37. The van der Waals surface area contributed by atoms with Gasteiger partial charge in [0.1, 0.15) is 12.7 Å². The first-order chi connectivity index (χ1) is 18.8. The lowest BCUT2D eigenvalue weighted by molar-refractivity contribution is 0.0109. The SMILES string of the molecule is CCCCOCC(O)COc1cccc(-c2nc(-c3ccc(C)cc3C)nc(-c3ccc(C)cc3C)n2)c1O. The Bertz CT molecular complexity index is 1370. The third-order valence-corrected chi connectivity index (χ3v) is 6.50. The summed E-state index contributed by atoms with van der Waals surface area (Å²) in [6, 6.07) is 17.5. The monoisotopic (exact) mass is 527 g/mol. The van der Waals surface area contributed by atoms with Crippen molar-refractivity contribution in [1.82, 2.24) is 15.0 Å². The zero-order valence-electron chi connectivity index (χ0n) is 23.4. The van der Waals surface area contributed by atoms with Crippen LogP contribution in [0.1, 0.15) is 42.0 Å². The van der Waals surface area contributed by atoms with Gasteiger partial charge in [0.15, 0.2) is 29.0 Å². The fraction of sp³-hybridized carbons (Fsp3) is 0.344. The van der Waals surface area contributed by atoms with Gasteiger partial charge in [-0.2, -0.15) is 0 Å². The number of benzene rings is 3. The predicted molar refractivity (Wildman–Crippen MR) is 154 cm³/mol. The summed E-state index contributed by atoms with van der Waals surface area (Å²) in [5.41, 5.74) is 6.62. The lowest BCUT2D eigenvalue weighted by Crippen LogP contribution is -2.23. The highest BCUT2D eigenvalue weighted by atomic mass is 16.5. The van der Waals surface area contributed by atoms with Crippen molar-refractivity contribution < 1.29 is 19.7 Å². The zero-order chi connectivity index (χ0) is 27.9. The molecule has 7 nitrogen and oxygen atoms in total. The molecule has 0 bridgehead atoms. The molecule has 0 spiro atoms. The summed E-state index contributed by atoms with van der Waals surface area (Å²) in [7, 11) is 0. The van der Waals surface area contributed by atoms with E-state index in [1.807, 2.05) is 38.1 Å². The second kappa shape index (κ2) is 12.8. The number of phenolic OH excluding ortho intramolecular Hbond substituents is 1. The van der Waals surface area contributed by atoms with Crippen LogP contribution in [0.25, 0.3) is 34.2 Å². The molecule has 1 atom stereocenters. The fourth-order valence-corrected chi connectivity index (χ4v) is 4.39. The van der Waals surface area contributed by atoms with E-state index in [2.05, 4.69) is 32.9 Å². The summed E-state index contributed by atoms with van der Waals surface area (Å²) in [4.78, 5) is 14.4. The Hall–Kier alpha value is -3.81. The van der Waals surface area contributed by atoms with Crippen molar-refractivity contribution in [2.75, 3.05) is 19.8 Å². The smallest absolute Gasteiger partial charge is 0.168 e. The Kier molecular flexibility index (Phi) is 9.28. The molecule has 0 aliphatic rings. The van der Waals surface area contributed by atoms with Gasteiger partial charge in [0.2, 0.25) is 0 Å². The van der Waals surface area contributed by atoms with Crippen molar-refractivity contribution >= 4 is 0 Å². The molecule has 0 aliphatic carbocycles. The lowest BCUT2D eigenvalue weighted by Gasteiger charge is -2.15. The normalized spacial score (nSPS) is 11.9. The van der Waals surface area contributed by atoms with Gasteiger partial charge in [-0.1, -0.05) is 66.9 Å². The number of hydrogen-bond donors (Lipinski definition) is 2. The molecule has 1 unspecified atom stereocenters. The van der Waals surface area contributed by atoms with Crippen LogP contribution >= 0.6 is 0 Å². The minimum Gasteiger partial charge on any atom is -0.504 e. The van der Waals surface area contributed by atoms with Crippen LogP contribution in [0.5, 0.6) is 11.5 Å². The molecule has 0 fully saturated rings. The van der Waals surface area contributed by atoms with Gasteiger partial charge >= 0.3 is 0 Å². The van der Waals surface area contributed by atoms with Gasteiger partial charge in [-0.05, 0) is 57.4 Å². The summed E-state index contributed by atoms with van der Waals surface area (Å²) in [6.45, 7) is 11.0. The van der Waals surface area contributed by atoms with E-state index in [-0.39, 0.29) is 24.7 Å². The largest absolute Gasteiger partial charge is 0.504 e. The first-order valence-electron chi connectivity index (χ1n) is 13.4. The molecule has 0 amide bonds. The molecule has 204 valence electrons. The Labute approximate surface area is 230 Å². The molecule has 1 aromatic heterocycles. The standard InChI is InChI=1S/C32H37N3O4/c1-6-7-15-38-18-24(36)19-39-28-10-8-9-27(29(28)37)32-34-30(25-13-11-20(2)16-22(25)4)33-31(35-32)26-14-12-21(3)17-23(26)5/h8-14,16-17,24,36-37H,6-7,15,18-19H2,1-5H3. The molecule has 7 heteroatoms. The fourth-order valence-electron chi connectivity index (χ4n) is 4.39. The summed E-state index contributed by atoms with van der Waals surface area (Å²) < 4.78 is 11.2. The van der Waals surface area contributed by atoms with Crippen LogP contribution in [0.4, 0.5) is 0 Å². The van der Waals surface area contributed by atoms with E-state index in [9.17, 15) is 10.2 Å². The molecule has 0 radical (unpaired) electrons. The first-order valence-corrected chi connectivity index (χ1v) is 13.4. The average molecular weight is 528 g/mol. The number of aliphatic hydroxyl groups excluding tert-OH is 1. The molecular weight excluding hydrogens is 490 g/mol. The maximum atomic E-state index is 11.2. The molecule has 0 saturated heterocycles. The summed E-state index contributed by atoms with van der Waals surface area (Å²) in [5, 5.41) is 21.4. The number of aromatic hydroxyl groups is 1. The van der Waals surface area contributed by atoms with Crippen molar-refractivity contribution in [2.45, 2.75) is 53.6 Å². The third kappa shape index (κ3) is 6.99. The highest BCUT2D eigenvalue weighted by Gasteiger charge is 2.19. The summed E-state index contributed by atoms with van der Waals surface area (Å²) in [5.74, 6) is 1.53. The Morgan fingerprint density at radius 1 is 0.744 bits per heavy atom. The molecule has 1 heterocycles. The number of aryl methyl sites for hydroxylation is 4. The van der Waals surface area contributed by atoms with E-state index in [4.69, 9.17) is 24.4 Å². The minimum absolute atomic E-state index is 0.0119. The van der Waals surface area contributed by atoms with Gasteiger partial charge in [-0.25, -0.2) is 15.0 Å². The number of nitrogens with zero attached hydrogens (tertiary/aromatic N) is 3. The van der Waals surface area contributed by atoms with Crippen LogP contribution < -0.4 is 4.74 Å². The quantitative estimate of drug-likeness (QED) is 0.219. The van der Waals surface area contributed by atoms with E-state index in [0.717, 1.165) is 46.2 Å². The van der Waals surface area contributed by atoms with Crippen LogP contribution in [-0.2, 0) is 4.74 Å². The number of rotatable bonds is 11. The molecular formula is C32H37N3O4. The van der Waals surface area contributed by atoms with Gasteiger partial charge in [-0.3, -0.25) is 0 Å². The van der Waals surface area contributed by atoms with Gasteiger partial charge in [-0.15, -0.1) is 0 Å². The molecule has 2 N–H and O–H groups in total. The maximum absolute atomic E-state index is 11.2. The molecule has 4 rings (SSSR count). The van der Waals surface area contributed by atoms with Crippen molar-refractivity contribution in [3.8, 4) is 45.7 Å². The third-order valence-electron chi connectivity index (χ3n) is 6.50. The van der Waals surface area contributed by atoms with Crippen LogP contribution in [0.3, 0.4) is 0 Å². The number of hydrogen-bond acceptors (Lipinski definition) is 7. The summed E-state index contributed by atoms with van der Waals surface area (Å²) >= 11 is 0. The van der Waals surface area contributed by atoms with Crippen LogP contribution in [0, 0.1) is 27.7 Å². The minimum atomic E-state index is -0.811. The van der Waals surface area contributed by atoms with Gasteiger partial charge < -0.3 is 19.7 Å². The van der Waals surface area contributed by atoms with Crippen LogP contribution in [0.15, 0.2) is 54.6 Å². The van der Waals surface area contributed by atoms with E-state index >= 15 is 0 Å². The lowest BCUT2D eigenvalue weighted by atomic mass is 10.0. The van der Waals surface area contributed by atoms with E-state index in [0.29, 0.717) is 29.6 Å². The van der Waals surface area contributed by atoms with E-state index in [1.165, 1.54) is 0 Å². The van der Waals surface area contributed by atoms with Gasteiger partial charge in [0.05, 0.1) is 12.2 Å². The van der Waals surface area contributed by atoms with Crippen molar-refractivity contribution in [3.63, 3.8) is 0 Å². The number of unbranched alkanes of at least 4 members (excludes halogenated alkanes) is 1. The second-order valence-corrected chi connectivity index (χ2v) is 9.99. The number of aliphatic hydroxyl groups is 1. The first kappa shape index (κ1) is 28.2. The molecule has 39 heavy (non-hydrogen) atoms. The topological polar surface area (TPSA) is 97.6 Å². The Morgan fingerprint density at radius 2 is 1.31 bits per heavy atom. The van der Waals surface area contributed by atoms with E-state index in [1.54, 1.807) is 18.2 Å². The average Bonchev–Trinajstić information content (AvgIpc) is 2.90. The number of aromatic nitrogens is 3. The zero-order valence-corrected chi connectivity index (χ0v) is 23.4. The molecule has 0 saturated carbocycles. The van der Waals surface area contributed by atoms with Crippen LogP contribution in [0.2, 0.25) is 0 Å². The maximum Gasteiger partial charge on any atom is 0.168 e. The molecule has 0 aliphatic heterocycles. The number of para-hydroxylation sites is 1. The molecule has 4 aromatic rings. The van der Waals surface area contributed by atoms with Crippen molar-refractivity contribution in [2.24, 2.45) is 0 Å². The molecule has 3 aromatic carbocycles. The highest BCUT2D eigenvalue weighted by molar-refractivity contribution is 5.73. The van der Waals surface area contributed by atoms with Crippen molar-refractivity contribution in [3.05, 3.63) is 76.9 Å². The van der Waals surface area contributed by atoms with Gasteiger partial charge in [0, 0.05) is 17.7 Å². The Balaban J connectivity index is 1.72. The second-order valence-electron chi connectivity index (χ2n) is 9.99. The number of phenols is 1. The highest BCUT2D eigenvalue weighted by Crippen LogP contribution is 2.37. The van der Waals surface area contributed by atoms with Crippen molar-refractivity contribution in [1.29, 1.82) is 0 Å². The Morgan fingerprint density at radius 3 is 1.85 bits per heavy atom. The van der Waals surface area contributed by atoms with E-state index < -0.39 is 6.10 Å². The van der Waals surface area contributed by atoms with Crippen LogP contribution in [-0.4, -0.2) is 51.1 Å².